The van der Waals surface area contributed by atoms with Crippen LogP contribution >= 0.6 is 0 Å². The van der Waals surface area contributed by atoms with Gasteiger partial charge in [-0.2, -0.15) is 0 Å². The number of methoxy groups -OCH3 is 1. The van der Waals surface area contributed by atoms with Crippen molar-refractivity contribution in [2.45, 2.75) is 103 Å². The molecule has 3 unspecified atom stereocenters. The summed E-state index contributed by atoms with van der Waals surface area (Å²) in [4.78, 5) is 13.5. The van der Waals surface area contributed by atoms with Crippen molar-refractivity contribution in [1.29, 1.82) is 0 Å². The average Bonchev–Trinajstić information content (AvgIpc) is 3.29. The Morgan fingerprint density at radius 1 is 0.818 bits per heavy atom. The first-order valence-electron chi connectivity index (χ1n) is 16.5. The minimum Gasteiger partial charge on any atom is -0.417 e. The molecule has 2 aliphatic rings. The van der Waals surface area contributed by atoms with Crippen LogP contribution in [0.5, 0.6) is 0 Å². The minimum atomic E-state index is -2.61. The Labute approximate surface area is 269 Å². The van der Waals surface area contributed by atoms with E-state index < -0.39 is 16.6 Å². The predicted octanol–water partition coefficient (Wildman–Crippen LogP) is 7.65. The number of benzene rings is 2. The van der Waals surface area contributed by atoms with Gasteiger partial charge in [-0.05, 0) is 82.2 Å². The second-order valence-electron chi connectivity index (χ2n) is 15.3. The molecule has 0 aliphatic heterocycles. The first-order chi connectivity index (χ1) is 20.7. The number of rotatable bonds is 13. The summed E-state index contributed by atoms with van der Waals surface area (Å²) in [6.07, 6.45) is 3.88. The summed E-state index contributed by atoms with van der Waals surface area (Å²) in [5.41, 5.74) is 2.20. The fraction of sp³-hybridized carbons (Fsp3) is 0.595. The molecule has 4 rings (SSSR count). The smallest absolute Gasteiger partial charge is 0.261 e. The number of carbonyl (C=O) groups is 1. The summed E-state index contributed by atoms with van der Waals surface area (Å²) in [7, 11) is -2.80. The van der Waals surface area contributed by atoms with E-state index in [4.69, 9.17) is 18.3 Å². The van der Waals surface area contributed by atoms with Gasteiger partial charge in [-0.3, -0.25) is 4.79 Å². The molecule has 0 aromatic heterocycles. The van der Waals surface area contributed by atoms with Gasteiger partial charge in [0.1, 0.15) is 6.79 Å². The van der Waals surface area contributed by atoms with Gasteiger partial charge in [0.15, 0.2) is 14.1 Å². The molecule has 1 fully saturated rings. The zero-order valence-electron chi connectivity index (χ0n) is 28.7. The van der Waals surface area contributed by atoms with E-state index in [0.717, 1.165) is 37.9 Å². The van der Waals surface area contributed by atoms with Crippen LogP contribution in [-0.4, -0.2) is 55.6 Å². The summed E-state index contributed by atoms with van der Waals surface area (Å²) in [5, 5.41) is 2.66. The standard InChI is InChI=1S/C37H56O5Si2/c1-36(2,3)43(8,9)42-26-28-23-29-25-33(38)32(35(29)34(24-28)40-27-39-7)21-16-22-41-44(37(4,5)6,30-17-12-10-13-18-30)31-19-14-11-15-20-31/h10-15,17-20,28-29,34H,16,21-27H2,1-9H3. The predicted molar refractivity (Wildman–Crippen MR) is 186 cm³/mol. The molecule has 0 spiro atoms. The Bertz CT molecular complexity index is 1220. The lowest BCUT2D eigenvalue weighted by atomic mass is 9.77. The molecular weight excluding hydrogens is 581 g/mol. The van der Waals surface area contributed by atoms with Crippen LogP contribution in [0.2, 0.25) is 23.2 Å². The van der Waals surface area contributed by atoms with Crippen molar-refractivity contribution in [3.05, 3.63) is 71.8 Å². The molecule has 0 saturated heterocycles. The van der Waals surface area contributed by atoms with Crippen molar-refractivity contribution in [2.24, 2.45) is 11.8 Å². The highest BCUT2D eigenvalue weighted by molar-refractivity contribution is 6.99. The zero-order chi connectivity index (χ0) is 32.2. The van der Waals surface area contributed by atoms with Gasteiger partial charge in [0.2, 0.25) is 0 Å². The third-order valence-corrected chi connectivity index (χ3v) is 19.8. The van der Waals surface area contributed by atoms with Gasteiger partial charge >= 0.3 is 0 Å². The van der Waals surface area contributed by atoms with Gasteiger partial charge in [0.05, 0.1) is 6.10 Å². The monoisotopic (exact) mass is 636 g/mol. The lowest BCUT2D eigenvalue weighted by Gasteiger charge is -2.43. The van der Waals surface area contributed by atoms with Crippen LogP contribution in [0.1, 0.15) is 73.6 Å². The third-order valence-electron chi connectivity index (χ3n) is 10.2. The molecular formula is C37H56O5Si2. The van der Waals surface area contributed by atoms with Crippen LogP contribution in [0, 0.1) is 11.8 Å². The Kier molecular flexibility index (Phi) is 11.3. The zero-order valence-corrected chi connectivity index (χ0v) is 30.7. The van der Waals surface area contributed by atoms with E-state index in [2.05, 4.69) is 115 Å². The second-order valence-corrected chi connectivity index (χ2v) is 24.5. The molecule has 2 aliphatic carbocycles. The number of carbonyl (C=O) groups excluding carboxylic acids is 1. The minimum absolute atomic E-state index is 0.0736. The van der Waals surface area contributed by atoms with Gasteiger partial charge in [0, 0.05) is 26.7 Å². The summed E-state index contributed by atoms with van der Waals surface area (Å²) in [6.45, 7) is 20.0. The van der Waals surface area contributed by atoms with Crippen molar-refractivity contribution in [3.8, 4) is 0 Å². The molecule has 0 N–H and O–H groups in total. The fourth-order valence-corrected chi connectivity index (χ4v) is 12.7. The molecule has 0 radical (unpaired) electrons. The van der Waals surface area contributed by atoms with Crippen molar-refractivity contribution < 1.29 is 23.1 Å². The highest BCUT2D eigenvalue weighted by Crippen LogP contribution is 2.46. The molecule has 3 atom stereocenters. The first kappa shape index (κ1) is 35.0. The Balaban J connectivity index is 1.52. The van der Waals surface area contributed by atoms with Crippen LogP contribution < -0.4 is 10.4 Å². The van der Waals surface area contributed by atoms with Crippen LogP contribution in [0.4, 0.5) is 0 Å². The average molecular weight is 637 g/mol. The number of fused-ring (bicyclic) bond motifs is 1. The molecule has 44 heavy (non-hydrogen) atoms. The van der Waals surface area contributed by atoms with Crippen LogP contribution in [-0.2, 0) is 23.1 Å². The van der Waals surface area contributed by atoms with Crippen LogP contribution in [0.25, 0.3) is 0 Å². The molecule has 0 heterocycles. The lowest BCUT2D eigenvalue weighted by Crippen LogP contribution is -2.66. The van der Waals surface area contributed by atoms with E-state index in [1.54, 1.807) is 7.11 Å². The maximum Gasteiger partial charge on any atom is 0.261 e. The molecule has 0 amide bonds. The maximum atomic E-state index is 13.5. The Hall–Kier alpha value is -1.88. The SMILES string of the molecule is COCOC1CC(CO[Si](C)(C)C(C)(C)C)CC2CC(=O)C(CCCO[Si](c3ccccc3)(c3ccccc3)C(C)(C)C)=C21. The Morgan fingerprint density at radius 3 is 1.93 bits per heavy atom. The molecule has 1 saturated carbocycles. The highest BCUT2D eigenvalue weighted by Gasteiger charge is 2.50. The van der Waals surface area contributed by atoms with Crippen molar-refractivity contribution in [1.82, 2.24) is 0 Å². The van der Waals surface area contributed by atoms with Gasteiger partial charge in [-0.25, -0.2) is 0 Å². The molecule has 0 bridgehead atoms. The quantitative estimate of drug-likeness (QED) is 0.128. The fourth-order valence-electron chi connectivity index (χ4n) is 6.97. The number of allylic oxidation sites excluding steroid dienone is 1. The van der Waals surface area contributed by atoms with Crippen molar-refractivity contribution in [3.63, 3.8) is 0 Å². The number of Topliss-reactive ketones (excluding diaryl/α,β-unsaturated/α-hetero) is 1. The third kappa shape index (κ3) is 7.56. The number of ether oxygens (including phenoxy) is 2. The molecule has 2 aromatic rings. The summed E-state index contributed by atoms with van der Waals surface area (Å²) in [5.74, 6) is 0.900. The van der Waals surface area contributed by atoms with E-state index in [9.17, 15) is 4.79 Å². The van der Waals surface area contributed by atoms with Crippen LogP contribution in [0.3, 0.4) is 0 Å². The lowest BCUT2D eigenvalue weighted by molar-refractivity contribution is -0.115. The van der Waals surface area contributed by atoms with Gasteiger partial charge in [-0.1, -0.05) is 102 Å². The van der Waals surface area contributed by atoms with E-state index in [-0.39, 0.29) is 34.7 Å². The number of hydrogen-bond acceptors (Lipinski definition) is 5. The summed E-state index contributed by atoms with van der Waals surface area (Å²) < 4.78 is 25.4. The van der Waals surface area contributed by atoms with Gasteiger partial charge < -0.3 is 18.3 Å². The largest absolute Gasteiger partial charge is 0.417 e. The van der Waals surface area contributed by atoms with Gasteiger partial charge in [0.25, 0.3) is 8.32 Å². The molecule has 2 aromatic carbocycles. The molecule has 5 nitrogen and oxygen atoms in total. The first-order valence-corrected chi connectivity index (χ1v) is 21.3. The Morgan fingerprint density at radius 2 is 1.41 bits per heavy atom. The number of hydrogen-bond donors (Lipinski definition) is 0. The normalized spacial score (nSPS) is 21.6. The molecule has 242 valence electrons. The van der Waals surface area contributed by atoms with E-state index in [1.807, 2.05) is 0 Å². The van der Waals surface area contributed by atoms with Gasteiger partial charge in [-0.15, -0.1) is 0 Å². The van der Waals surface area contributed by atoms with Crippen LogP contribution in [0.15, 0.2) is 71.8 Å². The second kappa shape index (κ2) is 14.3. The summed E-state index contributed by atoms with van der Waals surface area (Å²) in [6, 6.07) is 21.5. The summed E-state index contributed by atoms with van der Waals surface area (Å²) >= 11 is 0. The maximum absolute atomic E-state index is 13.5. The van der Waals surface area contributed by atoms with Crippen molar-refractivity contribution >= 4 is 32.8 Å². The van der Waals surface area contributed by atoms with E-state index in [1.165, 1.54) is 15.9 Å². The molecule has 7 heteroatoms. The highest BCUT2D eigenvalue weighted by atomic mass is 28.4. The number of ketones is 1. The van der Waals surface area contributed by atoms with E-state index in [0.29, 0.717) is 18.9 Å². The van der Waals surface area contributed by atoms with Crippen molar-refractivity contribution in [2.75, 3.05) is 27.1 Å². The topological polar surface area (TPSA) is 54.0 Å². The van der Waals surface area contributed by atoms with E-state index >= 15 is 0 Å².